The number of esters is 2. The molecule has 0 aromatic carbocycles. The van der Waals surface area contributed by atoms with Gasteiger partial charge in [-0.2, -0.15) is 0 Å². The molecule has 0 saturated carbocycles. The summed E-state index contributed by atoms with van der Waals surface area (Å²) in [6.07, 6.45) is 15.8. The highest BCUT2D eigenvalue weighted by molar-refractivity contribution is 5.88. The number of rotatable bonds is 20. The molecule has 3 N–H and O–H groups in total. The third-order valence-corrected chi connectivity index (χ3v) is 5.05. The van der Waals surface area contributed by atoms with Crippen molar-refractivity contribution in [3.63, 3.8) is 0 Å². The highest BCUT2D eigenvalue weighted by Gasteiger charge is 2.06. The number of aliphatic hydroxyl groups is 1. The zero-order chi connectivity index (χ0) is 30.5. The summed E-state index contributed by atoms with van der Waals surface area (Å²) in [5.41, 5.74) is 0.901. The van der Waals surface area contributed by atoms with Crippen LogP contribution >= 0.6 is 0 Å². The van der Waals surface area contributed by atoms with Crippen LogP contribution in [0.3, 0.4) is 0 Å². The number of ether oxygens (including phenoxy) is 2. The minimum atomic E-state index is -1.08. The van der Waals surface area contributed by atoms with Gasteiger partial charge in [-0.1, -0.05) is 97.4 Å². The average Bonchev–Trinajstić information content (AvgIpc) is 2.89. The molecule has 0 aliphatic rings. The molecule has 9 nitrogen and oxygen atoms in total. The van der Waals surface area contributed by atoms with E-state index in [-0.39, 0.29) is 36.8 Å². The first-order valence-electron chi connectivity index (χ1n) is 13.5. The molecule has 0 aliphatic heterocycles. The van der Waals surface area contributed by atoms with E-state index in [1.165, 1.54) is 63.9 Å². The van der Waals surface area contributed by atoms with Crippen molar-refractivity contribution in [3.8, 4) is 0 Å². The molecule has 224 valence electrons. The highest BCUT2D eigenvalue weighted by Crippen LogP contribution is 2.10. The zero-order valence-electron chi connectivity index (χ0n) is 24.2. The third-order valence-electron chi connectivity index (χ3n) is 5.05. The summed E-state index contributed by atoms with van der Waals surface area (Å²) >= 11 is 0. The Morgan fingerprint density at radius 1 is 0.718 bits per heavy atom. The fourth-order valence-electron chi connectivity index (χ4n) is 2.65. The van der Waals surface area contributed by atoms with Crippen molar-refractivity contribution in [2.24, 2.45) is 0 Å². The van der Waals surface area contributed by atoms with E-state index in [0.717, 1.165) is 12.5 Å². The van der Waals surface area contributed by atoms with Gasteiger partial charge in [0.25, 0.3) is 0 Å². The fraction of sp³-hybridized carbons (Fsp3) is 0.600. The van der Waals surface area contributed by atoms with Gasteiger partial charge in [-0.05, 0) is 26.2 Å². The quantitative estimate of drug-likeness (QED) is 0.0912. The Balaban J connectivity index is -0.000000546. The zero-order valence-corrected chi connectivity index (χ0v) is 24.2. The predicted molar refractivity (Wildman–Crippen MR) is 153 cm³/mol. The van der Waals surface area contributed by atoms with Crippen LogP contribution in [0.2, 0.25) is 0 Å². The van der Waals surface area contributed by atoms with Gasteiger partial charge < -0.3 is 24.8 Å². The first-order chi connectivity index (χ1) is 18.4. The van der Waals surface area contributed by atoms with Crippen molar-refractivity contribution in [1.82, 2.24) is 0 Å². The van der Waals surface area contributed by atoms with Gasteiger partial charge >= 0.3 is 23.9 Å². The van der Waals surface area contributed by atoms with Crippen LogP contribution in [0.4, 0.5) is 0 Å². The maximum absolute atomic E-state index is 11.1. The second-order valence-corrected chi connectivity index (χ2v) is 8.77. The van der Waals surface area contributed by atoms with Crippen LogP contribution in [0.15, 0.2) is 48.6 Å². The largest absolute Gasteiger partial charge is 0.478 e. The van der Waals surface area contributed by atoms with Crippen LogP contribution in [-0.4, -0.2) is 59.0 Å². The minimum Gasteiger partial charge on any atom is -0.478 e. The molecule has 0 radical (unpaired) electrons. The van der Waals surface area contributed by atoms with E-state index < -0.39 is 17.9 Å². The molecule has 0 amide bonds. The number of unbranched alkanes of at least 4 members (excludes halogenated alkanes) is 9. The van der Waals surface area contributed by atoms with Crippen LogP contribution in [0.25, 0.3) is 0 Å². The lowest BCUT2D eigenvalue weighted by molar-refractivity contribution is -0.140. The second-order valence-electron chi connectivity index (χ2n) is 8.77. The second kappa shape index (κ2) is 29.4. The van der Waals surface area contributed by atoms with Crippen molar-refractivity contribution in [3.05, 3.63) is 48.6 Å². The van der Waals surface area contributed by atoms with Crippen LogP contribution in [0.5, 0.6) is 0 Å². The number of allylic oxidation sites excluding steroid dienone is 1. The Bertz CT molecular complexity index is 766. The number of carboxylic acids is 2. The van der Waals surface area contributed by atoms with E-state index in [1.807, 2.05) is 0 Å². The summed E-state index contributed by atoms with van der Waals surface area (Å²) in [5.74, 6) is -2.87. The molecular formula is C30H50O9. The lowest BCUT2D eigenvalue weighted by Crippen LogP contribution is -2.09. The lowest BCUT2D eigenvalue weighted by Gasteiger charge is -2.04. The van der Waals surface area contributed by atoms with E-state index in [1.54, 1.807) is 13.8 Å². The van der Waals surface area contributed by atoms with Crippen molar-refractivity contribution in [2.75, 3.05) is 19.8 Å². The normalized spacial score (nSPS) is 9.85. The van der Waals surface area contributed by atoms with Gasteiger partial charge in [-0.15, -0.1) is 0 Å². The predicted octanol–water partition coefficient (Wildman–Crippen LogP) is 6.17. The molecule has 0 bridgehead atoms. The summed E-state index contributed by atoms with van der Waals surface area (Å²) in [5, 5.41) is 24.7. The van der Waals surface area contributed by atoms with Crippen molar-refractivity contribution < 1.29 is 44.0 Å². The monoisotopic (exact) mass is 554 g/mol. The van der Waals surface area contributed by atoms with Crippen LogP contribution in [-0.2, 0) is 28.7 Å². The first-order valence-corrected chi connectivity index (χ1v) is 13.5. The van der Waals surface area contributed by atoms with Crippen molar-refractivity contribution in [1.29, 1.82) is 0 Å². The van der Waals surface area contributed by atoms with Crippen molar-refractivity contribution >= 4 is 23.9 Å². The third kappa shape index (κ3) is 32.8. The van der Waals surface area contributed by atoms with E-state index >= 15 is 0 Å². The lowest BCUT2D eigenvalue weighted by atomic mass is 10.1. The van der Waals surface area contributed by atoms with Gasteiger partial charge in [-0.3, -0.25) is 0 Å². The number of hydrogen-bond acceptors (Lipinski definition) is 7. The molecule has 9 heteroatoms. The minimum absolute atomic E-state index is 0.0828. The molecule has 0 aliphatic carbocycles. The van der Waals surface area contributed by atoms with E-state index in [9.17, 15) is 19.2 Å². The molecule has 0 spiro atoms. The number of carbonyl (C=O) groups is 4. The molecule has 0 atom stereocenters. The van der Waals surface area contributed by atoms with E-state index in [2.05, 4.69) is 31.4 Å². The maximum Gasteiger partial charge on any atom is 0.333 e. The molecule has 0 unspecified atom stereocenters. The number of aliphatic carboxylic acids is 2. The van der Waals surface area contributed by atoms with Gasteiger partial charge in [-0.25, -0.2) is 19.2 Å². The molecule has 0 aromatic heterocycles. The summed E-state index contributed by atoms with van der Waals surface area (Å²) in [7, 11) is 0. The molecule has 0 saturated heterocycles. The Kier molecular flexibility index (Phi) is 30.3. The summed E-state index contributed by atoms with van der Waals surface area (Å²) in [6.45, 7) is 16.1. The van der Waals surface area contributed by atoms with Crippen LogP contribution < -0.4 is 0 Å². The molecule has 0 fully saturated rings. The standard InChI is InChI=1S/C16H30O2.C9H12O5.C5H8O2/c1-4-5-6-7-8-9-10-11-12-13-14-18-16(17)15(2)3;1-7(3-2-4-8(11)12)9(13)14-6-5-10;1-3-4(2)5(6)7/h2,4-14H2,1,3H3;2,4,10H,1,3,5-6H2,(H,11,12);2-3H2,1H3,(H,6,7). The smallest absolute Gasteiger partial charge is 0.333 e. The van der Waals surface area contributed by atoms with E-state index in [4.69, 9.17) is 20.1 Å². The van der Waals surface area contributed by atoms with Crippen molar-refractivity contribution in [2.45, 2.75) is 97.8 Å². The Morgan fingerprint density at radius 2 is 1.21 bits per heavy atom. The highest BCUT2D eigenvalue weighted by atomic mass is 16.5. The molecule has 0 aromatic rings. The Morgan fingerprint density at radius 3 is 1.59 bits per heavy atom. The first kappa shape index (κ1) is 40.3. The topological polar surface area (TPSA) is 147 Å². The summed E-state index contributed by atoms with van der Waals surface area (Å²) < 4.78 is 9.58. The van der Waals surface area contributed by atoms with Crippen LogP contribution in [0, 0.1) is 0 Å². The molecule has 39 heavy (non-hydrogen) atoms. The van der Waals surface area contributed by atoms with Gasteiger partial charge in [0.2, 0.25) is 0 Å². The Labute approximate surface area is 234 Å². The number of aliphatic hydroxyl groups excluding tert-OH is 1. The van der Waals surface area contributed by atoms with Gasteiger partial charge in [0, 0.05) is 22.8 Å². The maximum atomic E-state index is 11.1. The van der Waals surface area contributed by atoms with Gasteiger partial charge in [0.05, 0.1) is 13.2 Å². The summed E-state index contributed by atoms with van der Waals surface area (Å²) in [4.78, 5) is 41.9. The number of carbonyl (C=O) groups excluding carboxylic acids is 2. The van der Waals surface area contributed by atoms with Crippen LogP contribution in [0.1, 0.15) is 97.8 Å². The van der Waals surface area contributed by atoms with Gasteiger partial charge in [0.1, 0.15) is 6.61 Å². The average molecular weight is 555 g/mol. The fourth-order valence-corrected chi connectivity index (χ4v) is 2.65. The molecular weight excluding hydrogens is 504 g/mol. The molecule has 0 heterocycles. The molecule has 0 rings (SSSR count). The number of carboxylic acid groups (broad SMARTS) is 2. The summed E-state index contributed by atoms with van der Waals surface area (Å²) in [6, 6.07) is 0. The SMILES string of the molecule is C=C(C)C(=O)OCCCCCCCCCCCC.C=C(CC)C(=O)O.C=C(CC=CC(=O)O)C(=O)OCCO. The van der Waals surface area contributed by atoms with Gasteiger partial charge in [0.15, 0.2) is 0 Å². The Hall–Kier alpha value is -3.20. The number of hydrogen-bond donors (Lipinski definition) is 3. The van der Waals surface area contributed by atoms with E-state index in [0.29, 0.717) is 18.6 Å².